The Bertz CT molecular complexity index is 316. The molecular weight excluding hydrogens is 192 g/mol. The summed E-state index contributed by atoms with van der Waals surface area (Å²) in [6.07, 6.45) is 0.193. The predicted octanol–water partition coefficient (Wildman–Crippen LogP) is 1.85. The molecule has 3 heteroatoms. The van der Waals surface area contributed by atoms with E-state index >= 15 is 0 Å². The molecule has 0 unspecified atom stereocenters. The molecule has 1 N–H and O–H groups in total. The Morgan fingerprint density at radius 2 is 2.00 bits per heavy atom. The Labute approximate surface area is 89.7 Å². The number of aliphatic hydroxyl groups excluding tert-OH is 1. The van der Waals surface area contributed by atoms with Gasteiger partial charge in [-0.1, -0.05) is 31.2 Å². The van der Waals surface area contributed by atoms with Crippen molar-refractivity contribution in [3.63, 3.8) is 0 Å². The van der Waals surface area contributed by atoms with Crippen LogP contribution in [-0.4, -0.2) is 18.2 Å². The van der Waals surface area contributed by atoms with Gasteiger partial charge in [0.1, 0.15) is 0 Å². The summed E-state index contributed by atoms with van der Waals surface area (Å²) in [5.74, 6) is -0.401. The van der Waals surface area contributed by atoms with Crippen LogP contribution >= 0.6 is 0 Å². The van der Waals surface area contributed by atoms with Crippen molar-refractivity contribution >= 4 is 5.97 Å². The Kier molecular flexibility index (Phi) is 4.31. The lowest BCUT2D eigenvalue weighted by molar-refractivity contribution is -0.142. The summed E-state index contributed by atoms with van der Waals surface area (Å²) in [6.45, 7) is 2.07. The smallest absolute Gasteiger partial charge is 0.308 e. The minimum absolute atomic E-state index is 0.00196. The molecule has 15 heavy (non-hydrogen) atoms. The van der Waals surface area contributed by atoms with Crippen molar-refractivity contribution in [2.45, 2.75) is 25.9 Å². The number of benzene rings is 1. The quantitative estimate of drug-likeness (QED) is 0.768. The van der Waals surface area contributed by atoms with Crippen LogP contribution in [0.25, 0.3) is 0 Å². The second-order valence-corrected chi connectivity index (χ2v) is 3.39. The molecule has 1 aromatic rings. The Morgan fingerprint density at radius 1 is 1.40 bits per heavy atom. The van der Waals surface area contributed by atoms with E-state index in [-0.39, 0.29) is 6.42 Å². The molecule has 0 saturated heterocycles. The van der Waals surface area contributed by atoms with E-state index in [1.807, 2.05) is 24.3 Å². The van der Waals surface area contributed by atoms with Gasteiger partial charge in [-0.2, -0.15) is 0 Å². The van der Waals surface area contributed by atoms with Gasteiger partial charge in [-0.25, -0.2) is 0 Å². The van der Waals surface area contributed by atoms with Crippen LogP contribution in [-0.2, 0) is 16.0 Å². The predicted molar refractivity (Wildman–Crippen MR) is 57.4 cm³/mol. The van der Waals surface area contributed by atoms with Crippen molar-refractivity contribution in [3.8, 4) is 0 Å². The third-order valence-corrected chi connectivity index (χ3v) is 2.36. The molecule has 0 fully saturated rings. The van der Waals surface area contributed by atoms with Crippen molar-refractivity contribution in [1.82, 2.24) is 0 Å². The summed E-state index contributed by atoms with van der Waals surface area (Å²) in [5.41, 5.74) is 1.96. The van der Waals surface area contributed by atoms with E-state index in [2.05, 4.69) is 11.7 Å². The molecule has 0 aromatic heterocycles. The second kappa shape index (κ2) is 5.51. The molecule has 0 aliphatic rings. The Morgan fingerprint density at radius 3 is 2.47 bits per heavy atom. The van der Waals surface area contributed by atoms with Crippen LogP contribution in [0, 0.1) is 0 Å². The number of rotatable bonds is 4. The molecule has 0 aliphatic carbocycles. The third kappa shape index (κ3) is 3.36. The number of aliphatic hydroxyl groups is 1. The standard InChI is InChI=1S/C12H16O3/c1-3-9-4-6-10(7-5-9)11(13)8-12(14)15-2/h4-7,11,13H,3,8H2,1-2H3/t11-/m0/s1. The lowest BCUT2D eigenvalue weighted by atomic mass is 10.0. The van der Waals surface area contributed by atoms with Gasteiger partial charge < -0.3 is 9.84 Å². The van der Waals surface area contributed by atoms with Crippen LogP contribution in [0.5, 0.6) is 0 Å². The lowest BCUT2D eigenvalue weighted by Crippen LogP contribution is -2.07. The average Bonchev–Trinajstić information content (AvgIpc) is 2.29. The summed E-state index contributed by atoms with van der Waals surface area (Å²) in [7, 11) is 1.31. The molecule has 82 valence electrons. The molecule has 0 radical (unpaired) electrons. The van der Waals surface area contributed by atoms with Gasteiger partial charge in [0.2, 0.25) is 0 Å². The molecule has 3 nitrogen and oxygen atoms in total. The molecular formula is C12H16O3. The fourth-order valence-corrected chi connectivity index (χ4v) is 1.33. The molecule has 1 atom stereocenters. The SMILES string of the molecule is CCc1ccc([C@@H](O)CC(=O)OC)cc1. The molecule has 0 aliphatic heterocycles. The number of carbonyl (C=O) groups excluding carboxylic acids is 1. The van der Waals surface area contributed by atoms with Gasteiger partial charge >= 0.3 is 5.97 Å². The van der Waals surface area contributed by atoms with Crippen LogP contribution < -0.4 is 0 Å². The molecule has 1 rings (SSSR count). The zero-order chi connectivity index (χ0) is 11.3. The van der Waals surface area contributed by atoms with Crippen LogP contribution in [0.3, 0.4) is 0 Å². The molecule has 0 heterocycles. The minimum atomic E-state index is -0.775. The van der Waals surface area contributed by atoms with Crippen LogP contribution in [0.1, 0.15) is 30.6 Å². The molecule has 0 saturated carbocycles. The summed E-state index contributed by atoms with van der Waals surface area (Å²) < 4.78 is 4.49. The average molecular weight is 208 g/mol. The lowest BCUT2D eigenvalue weighted by Gasteiger charge is -2.09. The van der Waals surface area contributed by atoms with Crippen molar-refractivity contribution in [1.29, 1.82) is 0 Å². The number of hydrogen-bond acceptors (Lipinski definition) is 3. The second-order valence-electron chi connectivity index (χ2n) is 3.39. The van der Waals surface area contributed by atoms with Crippen molar-refractivity contribution in [3.05, 3.63) is 35.4 Å². The topological polar surface area (TPSA) is 46.5 Å². The molecule has 0 spiro atoms. The van der Waals surface area contributed by atoms with E-state index in [0.717, 1.165) is 12.0 Å². The van der Waals surface area contributed by atoms with E-state index in [0.29, 0.717) is 0 Å². The first-order chi connectivity index (χ1) is 7.17. The summed E-state index contributed by atoms with van der Waals surface area (Å²) >= 11 is 0. The largest absolute Gasteiger partial charge is 0.469 e. The van der Waals surface area contributed by atoms with Crippen LogP contribution in [0.15, 0.2) is 24.3 Å². The van der Waals surface area contributed by atoms with E-state index in [4.69, 9.17) is 0 Å². The number of aryl methyl sites for hydroxylation is 1. The monoisotopic (exact) mass is 208 g/mol. The first kappa shape index (κ1) is 11.7. The zero-order valence-electron chi connectivity index (χ0n) is 9.06. The van der Waals surface area contributed by atoms with Gasteiger partial charge in [0.15, 0.2) is 0 Å². The number of esters is 1. The van der Waals surface area contributed by atoms with E-state index in [9.17, 15) is 9.90 Å². The van der Waals surface area contributed by atoms with E-state index < -0.39 is 12.1 Å². The number of ether oxygens (including phenoxy) is 1. The number of carbonyl (C=O) groups is 1. The highest BCUT2D eigenvalue weighted by atomic mass is 16.5. The Balaban J connectivity index is 2.65. The fourth-order valence-electron chi connectivity index (χ4n) is 1.33. The van der Waals surface area contributed by atoms with Crippen LogP contribution in [0.2, 0.25) is 0 Å². The number of methoxy groups -OCH3 is 1. The zero-order valence-corrected chi connectivity index (χ0v) is 9.06. The molecule has 1 aromatic carbocycles. The van der Waals surface area contributed by atoms with Crippen molar-refractivity contribution in [2.75, 3.05) is 7.11 Å². The fraction of sp³-hybridized carbons (Fsp3) is 0.417. The summed E-state index contributed by atoms with van der Waals surface area (Å²) in [5, 5.41) is 9.68. The normalized spacial score (nSPS) is 12.2. The summed E-state index contributed by atoms with van der Waals surface area (Å²) in [4.78, 5) is 10.9. The summed E-state index contributed by atoms with van der Waals surface area (Å²) in [6, 6.07) is 7.59. The first-order valence-corrected chi connectivity index (χ1v) is 5.01. The van der Waals surface area contributed by atoms with Crippen molar-refractivity contribution < 1.29 is 14.6 Å². The Hall–Kier alpha value is -1.35. The van der Waals surface area contributed by atoms with Gasteiger partial charge in [0.05, 0.1) is 19.6 Å². The third-order valence-electron chi connectivity index (χ3n) is 2.36. The van der Waals surface area contributed by atoms with E-state index in [1.165, 1.54) is 12.7 Å². The highest BCUT2D eigenvalue weighted by Gasteiger charge is 2.12. The van der Waals surface area contributed by atoms with Crippen LogP contribution in [0.4, 0.5) is 0 Å². The minimum Gasteiger partial charge on any atom is -0.469 e. The maximum absolute atomic E-state index is 10.9. The van der Waals surface area contributed by atoms with Gasteiger partial charge in [-0.3, -0.25) is 4.79 Å². The van der Waals surface area contributed by atoms with Gasteiger partial charge in [-0.15, -0.1) is 0 Å². The number of hydrogen-bond donors (Lipinski definition) is 1. The highest BCUT2D eigenvalue weighted by Crippen LogP contribution is 2.17. The van der Waals surface area contributed by atoms with E-state index in [1.54, 1.807) is 0 Å². The molecule has 0 amide bonds. The van der Waals surface area contributed by atoms with Crippen molar-refractivity contribution in [2.24, 2.45) is 0 Å². The first-order valence-electron chi connectivity index (χ1n) is 5.01. The maximum Gasteiger partial charge on any atom is 0.308 e. The molecule has 0 bridgehead atoms. The van der Waals surface area contributed by atoms with Gasteiger partial charge in [-0.05, 0) is 17.5 Å². The maximum atomic E-state index is 10.9. The highest BCUT2D eigenvalue weighted by molar-refractivity contribution is 5.70. The van der Waals surface area contributed by atoms with Gasteiger partial charge in [0.25, 0.3) is 0 Å². The van der Waals surface area contributed by atoms with Gasteiger partial charge in [0, 0.05) is 0 Å².